The Morgan fingerprint density at radius 2 is 2.17 bits per heavy atom. The summed E-state index contributed by atoms with van der Waals surface area (Å²) in [4.78, 5) is 11.7. The molecule has 0 spiro atoms. The van der Waals surface area contributed by atoms with Crippen LogP contribution in [0.25, 0.3) is 11.3 Å². The van der Waals surface area contributed by atoms with Crippen molar-refractivity contribution in [3.63, 3.8) is 0 Å². The van der Waals surface area contributed by atoms with E-state index < -0.39 is 0 Å². The van der Waals surface area contributed by atoms with E-state index in [-0.39, 0.29) is 17.8 Å². The molecule has 18 heavy (non-hydrogen) atoms. The van der Waals surface area contributed by atoms with E-state index in [0.29, 0.717) is 17.0 Å². The Hall–Kier alpha value is -2.17. The maximum absolute atomic E-state index is 13.6. The number of hydrogen-bond donors (Lipinski definition) is 2. The summed E-state index contributed by atoms with van der Waals surface area (Å²) < 4.78 is 13.6. The van der Waals surface area contributed by atoms with Crippen LogP contribution in [0.15, 0.2) is 30.3 Å². The van der Waals surface area contributed by atoms with Crippen LogP contribution in [0.3, 0.4) is 0 Å². The number of carbonyl (C=O) groups excluding carboxylic acids is 1. The molecule has 1 aromatic heterocycles. The highest BCUT2D eigenvalue weighted by Crippen LogP contribution is 2.22. The first kappa shape index (κ1) is 11.0. The van der Waals surface area contributed by atoms with E-state index in [1.165, 1.54) is 6.07 Å². The Labute approximate surface area is 103 Å². The number of benzene rings is 1. The second-order valence-corrected chi connectivity index (χ2v) is 4.39. The molecule has 0 saturated heterocycles. The quantitative estimate of drug-likeness (QED) is 0.870. The number of aromatic amines is 1. The third kappa shape index (κ3) is 2.11. The molecule has 1 amide bonds. The van der Waals surface area contributed by atoms with Gasteiger partial charge in [0.2, 0.25) is 0 Å². The van der Waals surface area contributed by atoms with E-state index in [4.69, 9.17) is 0 Å². The zero-order valence-corrected chi connectivity index (χ0v) is 9.61. The van der Waals surface area contributed by atoms with Gasteiger partial charge in [0.15, 0.2) is 0 Å². The van der Waals surface area contributed by atoms with Crippen LogP contribution in [0.4, 0.5) is 4.39 Å². The Morgan fingerprint density at radius 3 is 2.89 bits per heavy atom. The van der Waals surface area contributed by atoms with E-state index in [0.717, 1.165) is 12.8 Å². The van der Waals surface area contributed by atoms with Crippen molar-refractivity contribution in [1.29, 1.82) is 0 Å². The van der Waals surface area contributed by atoms with Crippen LogP contribution in [-0.4, -0.2) is 22.1 Å². The van der Waals surface area contributed by atoms with Gasteiger partial charge in [0.25, 0.3) is 5.91 Å². The van der Waals surface area contributed by atoms with E-state index in [2.05, 4.69) is 15.5 Å². The number of halogens is 1. The van der Waals surface area contributed by atoms with Crippen molar-refractivity contribution in [2.45, 2.75) is 18.9 Å². The summed E-state index contributed by atoms with van der Waals surface area (Å²) in [6.07, 6.45) is 2.06. The molecule has 0 atom stereocenters. The fourth-order valence-electron chi connectivity index (χ4n) is 1.74. The molecule has 2 aromatic rings. The minimum Gasteiger partial charge on any atom is -0.348 e. The van der Waals surface area contributed by atoms with E-state index >= 15 is 0 Å². The maximum Gasteiger partial charge on any atom is 0.269 e. The molecule has 1 aromatic carbocycles. The summed E-state index contributed by atoms with van der Waals surface area (Å²) in [6, 6.07) is 8.21. The molecule has 1 saturated carbocycles. The van der Waals surface area contributed by atoms with Crippen LogP contribution in [-0.2, 0) is 0 Å². The SMILES string of the molecule is O=C(NC1CC1)c1cc(-c2ccccc2F)n[nH]1. The Balaban J connectivity index is 1.84. The summed E-state index contributed by atoms with van der Waals surface area (Å²) in [6.45, 7) is 0. The van der Waals surface area contributed by atoms with Crippen molar-refractivity contribution >= 4 is 5.91 Å². The second kappa shape index (κ2) is 4.25. The monoisotopic (exact) mass is 245 g/mol. The smallest absolute Gasteiger partial charge is 0.269 e. The fourth-order valence-corrected chi connectivity index (χ4v) is 1.74. The van der Waals surface area contributed by atoms with Gasteiger partial charge in [-0.25, -0.2) is 4.39 Å². The van der Waals surface area contributed by atoms with Gasteiger partial charge >= 0.3 is 0 Å². The average Bonchev–Trinajstić information content (AvgIpc) is 3.04. The first-order chi connectivity index (χ1) is 8.74. The van der Waals surface area contributed by atoms with Gasteiger partial charge in [-0.1, -0.05) is 12.1 Å². The summed E-state index contributed by atoms with van der Waals surface area (Å²) in [5.74, 6) is -0.536. The van der Waals surface area contributed by atoms with Crippen LogP contribution >= 0.6 is 0 Å². The van der Waals surface area contributed by atoms with E-state index in [1.54, 1.807) is 24.3 Å². The van der Waals surface area contributed by atoms with Gasteiger partial charge in [0.05, 0.1) is 5.69 Å². The lowest BCUT2D eigenvalue weighted by molar-refractivity contribution is 0.0946. The number of H-pyrrole nitrogens is 1. The molecule has 4 nitrogen and oxygen atoms in total. The van der Waals surface area contributed by atoms with Crippen molar-refractivity contribution in [3.8, 4) is 11.3 Å². The highest BCUT2D eigenvalue weighted by atomic mass is 19.1. The zero-order chi connectivity index (χ0) is 12.5. The number of carbonyl (C=O) groups is 1. The largest absolute Gasteiger partial charge is 0.348 e. The lowest BCUT2D eigenvalue weighted by atomic mass is 10.1. The molecule has 1 aliphatic carbocycles. The normalized spacial score (nSPS) is 14.5. The molecule has 5 heteroatoms. The first-order valence-electron chi connectivity index (χ1n) is 5.85. The van der Waals surface area contributed by atoms with Crippen molar-refractivity contribution in [3.05, 3.63) is 41.8 Å². The van der Waals surface area contributed by atoms with Crippen molar-refractivity contribution in [2.75, 3.05) is 0 Å². The topological polar surface area (TPSA) is 57.8 Å². The Bertz CT molecular complexity index is 589. The van der Waals surface area contributed by atoms with Gasteiger partial charge in [-0.3, -0.25) is 9.89 Å². The second-order valence-electron chi connectivity index (χ2n) is 4.39. The number of rotatable bonds is 3. The molecule has 0 radical (unpaired) electrons. The summed E-state index contributed by atoms with van der Waals surface area (Å²) >= 11 is 0. The van der Waals surface area contributed by atoms with Crippen molar-refractivity contribution in [2.24, 2.45) is 0 Å². The number of hydrogen-bond acceptors (Lipinski definition) is 2. The summed E-state index contributed by atoms with van der Waals surface area (Å²) in [7, 11) is 0. The third-order valence-electron chi connectivity index (χ3n) is 2.88. The van der Waals surface area contributed by atoms with Crippen molar-refractivity contribution < 1.29 is 9.18 Å². The van der Waals surface area contributed by atoms with Gasteiger partial charge < -0.3 is 5.32 Å². The van der Waals surface area contributed by atoms with Crippen LogP contribution in [0.1, 0.15) is 23.3 Å². The molecule has 1 aliphatic rings. The van der Waals surface area contributed by atoms with Crippen LogP contribution in [0.2, 0.25) is 0 Å². The minimum absolute atomic E-state index is 0.187. The van der Waals surface area contributed by atoms with Crippen LogP contribution in [0, 0.1) is 5.82 Å². The maximum atomic E-state index is 13.6. The van der Waals surface area contributed by atoms with E-state index in [1.807, 2.05) is 0 Å². The zero-order valence-electron chi connectivity index (χ0n) is 9.61. The Morgan fingerprint density at radius 1 is 1.39 bits per heavy atom. The number of amides is 1. The molecule has 92 valence electrons. The van der Waals surface area contributed by atoms with Crippen LogP contribution in [0.5, 0.6) is 0 Å². The first-order valence-corrected chi connectivity index (χ1v) is 5.85. The molecule has 1 fully saturated rings. The number of nitrogens with one attached hydrogen (secondary N) is 2. The molecule has 0 unspecified atom stereocenters. The molecule has 3 rings (SSSR count). The van der Waals surface area contributed by atoms with Crippen molar-refractivity contribution in [1.82, 2.24) is 15.5 Å². The lowest BCUT2D eigenvalue weighted by Crippen LogP contribution is -2.25. The van der Waals surface area contributed by atoms with Gasteiger partial charge in [-0.05, 0) is 31.0 Å². The standard InChI is InChI=1S/C13H12FN3O/c14-10-4-2-1-3-9(10)11-7-12(17-16-11)13(18)15-8-5-6-8/h1-4,7-8H,5-6H2,(H,15,18)(H,16,17). The van der Waals surface area contributed by atoms with E-state index in [9.17, 15) is 9.18 Å². The minimum atomic E-state index is -0.349. The highest BCUT2D eigenvalue weighted by Gasteiger charge is 2.24. The predicted molar refractivity (Wildman–Crippen MR) is 64.5 cm³/mol. The Kier molecular flexibility index (Phi) is 2.59. The molecule has 1 heterocycles. The summed E-state index contributed by atoms with van der Waals surface area (Å²) in [5, 5.41) is 9.45. The lowest BCUT2D eigenvalue weighted by Gasteiger charge is -1.98. The fraction of sp³-hybridized carbons (Fsp3) is 0.231. The predicted octanol–water partition coefficient (Wildman–Crippen LogP) is 2.11. The molecule has 0 bridgehead atoms. The highest BCUT2D eigenvalue weighted by molar-refractivity contribution is 5.93. The average molecular weight is 245 g/mol. The molecule has 2 N–H and O–H groups in total. The van der Waals surface area contributed by atoms with Gasteiger partial charge in [0, 0.05) is 11.6 Å². The van der Waals surface area contributed by atoms with Gasteiger partial charge in [-0.2, -0.15) is 5.10 Å². The van der Waals surface area contributed by atoms with Crippen LogP contribution < -0.4 is 5.32 Å². The number of aromatic nitrogens is 2. The molecule has 0 aliphatic heterocycles. The van der Waals surface area contributed by atoms with Gasteiger partial charge in [-0.15, -0.1) is 0 Å². The third-order valence-corrected chi connectivity index (χ3v) is 2.88. The molecular formula is C13H12FN3O. The molecular weight excluding hydrogens is 233 g/mol. The number of nitrogens with zero attached hydrogens (tertiary/aromatic N) is 1. The van der Waals surface area contributed by atoms with Gasteiger partial charge in [0.1, 0.15) is 11.5 Å². The summed E-state index contributed by atoms with van der Waals surface area (Å²) in [5.41, 5.74) is 1.19.